The number of benzene rings is 1. The van der Waals surface area contributed by atoms with E-state index in [0.717, 1.165) is 0 Å². The third-order valence-corrected chi connectivity index (χ3v) is 2.62. The number of hydrogen-bond acceptors (Lipinski definition) is 2. The first-order chi connectivity index (χ1) is 8.72. The first kappa shape index (κ1) is 14.9. The topological polar surface area (TPSA) is 66.4 Å². The van der Waals surface area contributed by atoms with Crippen molar-refractivity contribution in [2.75, 3.05) is 0 Å². The predicted octanol–water partition coefficient (Wildman–Crippen LogP) is 2.21. The normalized spacial score (nSPS) is 12.1. The Kier molecular flexibility index (Phi) is 4.43. The van der Waals surface area contributed by atoms with Crippen LogP contribution in [-0.4, -0.2) is 22.5 Å². The standard InChI is InChI=1S/C14H16FNO3/c1-9(10-4-6-11(15)7-5-10)8-12(17)16-14(2,3)13(18)19/h4-8H,1-3H3,(H,16,17)(H,18,19). The number of aliphatic carboxylic acids is 1. The van der Waals surface area contributed by atoms with Gasteiger partial charge in [-0.3, -0.25) is 4.79 Å². The van der Waals surface area contributed by atoms with Crippen LogP contribution in [0.2, 0.25) is 0 Å². The molecule has 0 fully saturated rings. The molecule has 4 nitrogen and oxygen atoms in total. The lowest BCUT2D eigenvalue weighted by Gasteiger charge is -2.20. The summed E-state index contributed by atoms with van der Waals surface area (Å²) in [7, 11) is 0. The average molecular weight is 265 g/mol. The predicted molar refractivity (Wildman–Crippen MR) is 69.9 cm³/mol. The van der Waals surface area contributed by atoms with Crippen molar-refractivity contribution < 1.29 is 19.1 Å². The summed E-state index contributed by atoms with van der Waals surface area (Å²) in [6, 6.07) is 5.70. The molecule has 0 aliphatic rings. The van der Waals surface area contributed by atoms with Gasteiger partial charge in [0.25, 0.3) is 0 Å². The van der Waals surface area contributed by atoms with Crippen molar-refractivity contribution in [2.24, 2.45) is 0 Å². The zero-order valence-corrected chi connectivity index (χ0v) is 11.0. The molecule has 0 heterocycles. The quantitative estimate of drug-likeness (QED) is 0.820. The minimum atomic E-state index is -1.34. The number of hydrogen-bond donors (Lipinski definition) is 2. The fraction of sp³-hybridized carbons (Fsp3) is 0.286. The van der Waals surface area contributed by atoms with Crippen LogP contribution in [-0.2, 0) is 9.59 Å². The van der Waals surface area contributed by atoms with Gasteiger partial charge in [0, 0.05) is 6.08 Å². The van der Waals surface area contributed by atoms with Crippen LogP contribution in [0.25, 0.3) is 5.57 Å². The number of carbonyl (C=O) groups is 2. The molecule has 0 aliphatic carbocycles. The van der Waals surface area contributed by atoms with Crippen LogP contribution >= 0.6 is 0 Å². The summed E-state index contributed by atoms with van der Waals surface area (Å²) in [5, 5.41) is 11.3. The molecule has 0 unspecified atom stereocenters. The van der Waals surface area contributed by atoms with E-state index in [2.05, 4.69) is 5.32 Å². The molecule has 0 spiro atoms. The number of rotatable bonds is 4. The number of amides is 1. The van der Waals surface area contributed by atoms with Gasteiger partial charge in [0.05, 0.1) is 0 Å². The molecule has 1 amide bonds. The van der Waals surface area contributed by atoms with E-state index in [4.69, 9.17) is 5.11 Å². The lowest BCUT2D eigenvalue weighted by molar-refractivity contribution is -0.145. The van der Waals surface area contributed by atoms with Crippen LogP contribution in [0, 0.1) is 5.82 Å². The van der Waals surface area contributed by atoms with Crippen molar-refractivity contribution in [3.05, 3.63) is 41.7 Å². The Bertz CT molecular complexity index is 518. The molecular weight excluding hydrogens is 249 g/mol. The Morgan fingerprint density at radius 1 is 1.26 bits per heavy atom. The molecule has 2 N–H and O–H groups in total. The maximum atomic E-state index is 12.8. The van der Waals surface area contributed by atoms with Crippen LogP contribution < -0.4 is 5.32 Å². The third kappa shape index (κ3) is 4.21. The molecule has 102 valence electrons. The molecule has 19 heavy (non-hydrogen) atoms. The lowest BCUT2D eigenvalue weighted by atomic mass is 10.0. The second-order valence-electron chi connectivity index (χ2n) is 4.75. The molecule has 0 aromatic heterocycles. The van der Waals surface area contributed by atoms with E-state index in [1.165, 1.54) is 32.1 Å². The first-order valence-electron chi connectivity index (χ1n) is 5.72. The highest BCUT2D eigenvalue weighted by Gasteiger charge is 2.28. The van der Waals surface area contributed by atoms with Crippen molar-refractivity contribution in [1.29, 1.82) is 0 Å². The Labute approximate surface area is 110 Å². The van der Waals surface area contributed by atoms with E-state index in [1.54, 1.807) is 19.1 Å². The molecule has 1 aromatic rings. The smallest absolute Gasteiger partial charge is 0.328 e. The number of carboxylic acid groups (broad SMARTS) is 1. The van der Waals surface area contributed by atoms with Gasteiger partial charge in [-0.15, -0.1) is 0 Å². The minimum absolute atomic E-state index is 0.354. The zero-order valence-electron chi connectivity index (χ0n) is 11.0. The number of carboxylic acids is 1. The van der Waals surface area contributed by atoms with E-state index < -0.39 is 17.4 Å². The lowest BCUT2D eigenvalue weighted by Crippen LogP contribution is -2.49. The molecule has 1 rings (SSSR count). The van der Waals surface area contributed by atoms with Gasteiger partial charge in [-0.1, -0.05) is 12.1 Å². The largest absolute Gasteiger partial charge is 0.480 e. The van der Waals surface area contributed by atoms with Crippen LogP contribution in [0.4, 0.5) is 4.39 Å². The van der Waals surface area contributed by atoms with E-state index in [0.29, 0.717) is 11.1 Å². The molecule has 0 aliphatic heterocycles. The molecule has 0 saturated heterocycles. The van der Waals surface area contributed by atoms with Crippen molar-refractivity contribution in [3.8, 4) is 0 Å². The fourth-order valence-electron chi connectivity index (χ4n) is 1.39. The van der Waals surface area contributed by atoms with Gasteiger partial charge < -0.3 is 10.4 Å². The van der Waals surface area contributed by atoms with Crippen molar-refractivity contribution >= 4 is 17.4 Å². The van der Waals surface area contributed by atoms with E-state index in [-0.39, 0.29) is 5.82 Å². The molecule has 0 saturated carbocycles. The molecular formula is C14H16FNO3. The summed E-state index contributed by atoms with van der Waals surface area (Å²) in [6.45, 7) is 4.49. The van der Waals surface area contributed by atoms with E-state index >= 15 is 0 Å². The van der Waals surface area contributed by atoms with Crippen LogP contribution in [0.5, 0.6) is 0 Å². The summed E-state index contributed by atoms with van der Waals surface area (Å²) in [5.74, 6) is -1.98. The van der Waals surface area contributed by atoms with E-state index in [9.17, 15) is 14.0 Å². The number of allylic oxidation sites excluding steroid dienone is 1. The van der Waals surface area contributed by atoms with Gasteiger partial charge in [-0.2, -0.15) is 0 Å². The van der Waals surface area contributed by atoms with Gasteiger partial charge in [-0.25, -0.2) is 9.18 Å². The SMILES string of the molecule is CC(=CC(=O)NC(C)(C)C(=O)O)c1ccc(F)cc1. The summed E-state index contributed by atoms with van der Waals surface area (Å²) in [5.41, 5.74) is -0.0141. The highest BCUT2D eigenvalue weighted by atomic mass is 19.1. The minimum Gasteiger partial charge on any atom is -0.480 e. The summed E-state index contributed by atoms with van der Waals surface area (Å²) < 4.78 is 12.8. The Morgan fingerprint density at radius 2 is 1.79 bits per heavy atom. The summed E-state index contributed by atoms with van der Waals surface area (Å²) in [6.07, 6.45) is 1.29. The number of halogens is 1. The molecule has 0 atom stereocenters. The van der Waals surface area contributed by atoms with Gasteiger partial charge in [0.15, 0.2) is 0 Å². The highest BCUT2D eigenvalue weighted by Crippen LogP contribution is 2.14. The zero-order chi connectivity index (χ0) is 14.6. The van der Waals surface area contributed by atoms with Crippen LogP contribution in [0.15, 0.2) is 30.3 Å². The maximum absolute atomic E-state index is 12.8. The fourth-order valence-corrected chi connectivity index (χ4v) is 1.39. The third-order valence-electron chi connectivity index (χ3n) is 2.62. The Balaban J connectivity index is 2.82. The summed E-state index contributed by atoms with van der Waals surface area (Å²) in [4.78, 5) is 22.6. The van der Waals surface area contributed by atoms with Gasteiger partial charge in [0.2, 0.25) is 5.91 Å². The van der Waals surface area contributed by atoms with E-state index in [1.807, 2.05) is 0 Å². The van der Waals surface area contributed by atoms with Crippen LogP contribution in [0.3, 0.4) is 0 Å². The monoisotopic (exact) mass is 265 g/mol. The second kappa shape index (κ2) is 5.65. The average Bonchev–Trinajstić information content (AvgIpc) is 2.28. The number of carbonyl (C=O) groups excluding carboxylic acids is 1. The maximum Gasteiger partial charge on any atom is 0.328 e. The molecule has 0 bridgehead atoms. The molecule has 1 aromatic carbocycles. The van der Waals surface area contributed by atoms with Crippen molar-refractivity contribution in [3.63, 3.8) is 0 Å². The highest BCUT2D eigenvalue weighted by molar-refractivity contribution is 5.97. The Hall–Kier alpha value is -2.17. The number of nitrogens with one attached hydrogen (secondary N) is 1. The first-order valence-corrected chi connectivity index (χ1v) is 5.72. The molecule has 0 radical (unpaired) electrons. The van der Waals surface area contributed by atoms with Crippen molar-refractivity contribution in [1.82, 2.24) is 5.32 Å². The van der Waals surface area contributed by atoms with Gasteiger partial charge in [-0.05, 0) is 44.0 Å². The van der Waals surface area contributed by atoms with Gasteiger partial charge in [0.1, 0.15) is 11.4 Å². The summed E-state index contributed by atoms with van der Waals surface area (Å²) >= 11 is 0. The van der Waals surface area contributed by atoms with Gasteiger partial charge >= 0.3 is 5.97 Å². The Morgan fingerprint density at radius 3 is 2.26 bits per heavy atom. The van der Waals surface area contributed by atoms with Crippen LogP contribution in [0.1, 0.15) is 26.3 Å². The molecule has 5 heteroatoms. The van der Waals surface area contributed by atoms with Crippen molar-refractivity contribution in [2.45, 2.75) is 26.3 Å². The second-order valence-corrected chi connectivity index (χ2v) is 4.75.